The molecule has 1 heterocycles. The molecule has 1 aromatic rings. The molecule has 2 nitrogen and oxygen atoms in total. The Kier molecular flexibility index (Phi) is 3.10. The molecule has 1 aliphatic heterocycles. The number of benzene rings is 1. The van der Waals surface area contributed by atoms with Gasteiger partial charge in [-0.05, 0) is 25.0 Å². The first-order chi connectivity index (χ1) is 7.60. The van der Waals surface area contributed by atoms with Crippen LogP contribution in [0.25, 0.3) is 0 Å². The minimum Gasteiger partial charge on any atom is -0.399 e. The highest BCUT2D eigenvalue weighted by Crippen LogP contribution is 2.41. The lowest BCUT2D eigenvalue weighted by Crippen LogP contribution is -2.31. The Morgan fingerprint density at radius 2 is 1.69 bits per heavy atom. The molecule has 16 heavy (non-hydrogen) atoms. The Hall–Kier alpha value is -1.16. The van der Waals surface area contributed by atoms with E-state index in [1.807, 2.05) is 0 Å². The van der Waals surface area contributed by atoms with E-state index in [-0.39, 0.29) is 5.56 Å². The van der Waals surface area contributed by atoms with Crippen molar-refractivity contribution in [3.63, 3.8) is 0 Å². The van der Waals surface area contributed by atoms with Gasteiger partial charge in [-0.3, -0.25) is 0 Å². The molecule has 0 bridgehead atoms. The molecule has 0 amide bonds. The zero-order valence-electron chi connectivity index (χ0n) is 8.96. The van der Waals surface area contributed by atoms with Gasteiger partial charge in [-0.15, -0.1) is 0 Å². The number of nitrogen functional groups attached to an aromatic ring is 1. The average molecular weight is 227 g/mol. The molecule has 0 spiro atoms. The number of hydrogen-bond acceptors (Lipinski definition) is 2. The largest absolute Gasteiger partial charge is 0.399 e. The van der Waals surface area contributed by atoms with Crippen LogP contribution >= 0.6 is 0 Å². The topological polar surface area (TPSA) is 35.2 Å². The van der Waals surface area contributed by atoms with Crippen LogP contribution in [0.2, 0.25) is 0 Å². The lowest BCUT2D eigenvalue weighted by Gasteiger charge is -2.30. The van der Waals surface area contributed by atoms with Crippen LogP contribution in [0.5, 0.6) is 0 Å². The summed E-state index contributed by atoms with van der Waals surface area (Å²) in [4.78, 5) is 0. The van der Waals surface area contributed by atoms with Crippen LogP contribution in [0.1, 0.15) is 18.4 Å². The number of alkyl halides is 2. The summed E-state index contributed by atoms with van der Waals surface area (Å²) >= 11 is 0. The van der Waals surface area contributed by atoms with Crippen molar-refractivity contribution in [2.75, 3.05) is 18.9 Å². The van der Waals surface area contributed by atoms with E-state index < -0.39 is 11.8 Å². The minimum absolute atomic E-state index is 0.0496. The first kappa shape index (κ1) is 11.3. The molecule has 0 unspecified atom stereocenters. The molecule has 1 aliphatic rings. The Morgan fingerprint density at radius 3 is 2.25 bits per heavy atom. The van der Waals surface area contributed by atoms with Gasteiger partial charge in [0.2, 0.25) is 0 Å². The molecule has 0 aromatic heterocycles. The first-order valence-electron chi connectivity index (χ1n) is 5.42. The van der Waals surface area contributed by atoms with Gasteiger partial charge in [0, 0.05) is 30.4 Å². The van der Waals surface area contributed by atoms with E-state index in [1.54, 1.807) is 0 Å². The third kappa shape index (κ3) is 2.16. The van der Waals surface area contributed by atoms with Gasteiger partial charge in [-0.25, -0.2) is 8.78 Å². The lowest BCUT2D eigenvalue weighted by molar-refractivity contribution is -0.102. The molecule has 0 saturated carbocycles. The van der Waals surface area contributed by atoms with Crippen LogP contribution in [-0.2, 0) is 10.7 Å². The Bertz CT molecular complexity index is 345. The number of ether oxygens (including phenoxy) is 1. The van der Waals surface area contributed by atoms with Crippen molar-refractivity contribution in [1.29, 1.82) is 0 Å². The molecule has 0 radical (unpaired) electrons. The summed E-state index contributed by atoms with van der Waals surface area (Å²) in [6, 6.07) is 5.85. The Balaban J connectivity index is 2.19. The predicted octanol–water partition coefficient (Wildman–Crippen LogP) is 2.79. The van der Waals surface area contributed by atoms with E-state index in [2.05, 4.69) is 0 Å². The van der Waals surface area contributed by atoms with Crippen molar-refractivity contribution in [2.45, 2.75) is 18.8 Å². The number of nitrogens with two attached hydrogens (primary N) is 1. The van der Waals surface area contributed by atoms with E-state index in [1.165, 1.54) is 24.3 Å². The SMILES string of the molecule is Nc1ccc(C(F)(F)C2CCOCC2)cc1. The second-order valence-corrected chi connectivity index (χ2v) is 4.13. The maximum atomic E-state index is 14.1. The second-order valence-electron chi connectivity index (χ2n) is 4.13. The Morgan fingerprint density at radius 1 is 1.12 bits per heavy atom. The second kappa shape index (κ2) is 4.37. The molecule has 0 atom stereocenters. The summed E-state index contributed by atoms with van der Waals surface area (Å²) in [5.74, 6) is -3.40. The molecular formula is C12H15F2NO. The van der Waals surface area contributed by atoms with Gasteiger partial charge < -0.3 is 10.5 Å². The maximum absolute atomic E-state index is 14.1. The molecule has 1 aromatic carbocycles. The molecule has 4 heteroatoms. The third-order valence-electron chi connectivity index (χ3n) is 3.03. The standard InChI is InChI=1S/C12H15F2NO/c13-12(14,10-5-7-16-8-6-10)9-1-3-11(15)4-2-9/h1-4,10H,5-8,15H2. The van der Waals surface area contributed by atoms with Gasteiger partial charge >= 0.3 is 0 Å². The number of hydrogen-bond donors (Lipinski definition) is 1. The van der Waals surface area contributed by atoms with Crippen LogP contribution < -0.4 is 5.73 Å². The molecule has 2 N–H and O–H groups in total. The quantitative estimate of drug-likeness (QED) is 0.788. The fraction of sp³-hybridized carbons (Fsp3) is 0.500. The van der Waals surface area contributed by atoms with E-state index in [0.29, 0.717) is 31.7 Å². The minimum atomic E-state index is -2.78. The highest BCUT2D eigenvalue weighted by molar-refractivity contribution is 5.40. The van der Waals surface area contributed by atoms with Crippen molar-refractivity contribution in [3.05, 3.63) is 29.8 Å². The fourth-order valence-corrected chi connectivity index (χ4v) is 2.00. The normalized spacial score (nSPS) is 18.6. The average Bonchev–Trinajstić information content (AvgIpc) is 2.31. The van der Waals surface area contributed by atoms with Gasteiger partial charge in [0.25, 0.3) is 5.92 Å². The van der Waals surface area contributed by atoms with Gasteiger partial charge in [-0.2, -0.15) is 0 Å². The van der Waals surface area contributed by atoms with Crippen LogP contribution in [0.4, 0.5) is 14.5 Å². The van der Waals surface area contributed by atoms with E-state index >= 15 is 0 Å². The molecule has 2 rings (SSSR count). The number of halogens is 2. The highest BCUT2D eigenvalue weighted by Gasteiger charge is 2.41. The third-order valence-corrected chi connectivity index (χ3v) is 3.03. The van der Waals surface area contributed by atoms with Crippen LogP contribution in [0, 0.1) is 5.92 Å². The zero-order valence-corrected chi connectivity index (χ0v) is 8.96. The summed E-state index contributed by atoms with van der Waals surface area (Å²) < 4.78 is 33.3. The molecule has 1 saturated heterocycles. The van der Waals surface area contributed by atoms with Gasteiger partial charge in [-0.1, -0.05) is 12.1 Å². The van der Waals surface area contributed by atoms with Gasteiger partial charge in [0.1, 0.15) is 0 Å². The van der Waals surface area contributed by atoms with Crippen LogP contribution in [0.15, 0.2) is 24.3 Å². The number of anilines is 1. The van der Waals surface area contributed by atoms with Gasteiger partial charge in [0.05, 0.1) is 0 Å². The Labute approximate surface area is 93.4 Å². The molecule has 88 valence electrons. The van der Waals surface area contributed by atoms with Crippen molar-refractivity contribution in [3.8, 4) is 0 Å². The highest BCUT2D eigenvalue weighted by atomic mass is 19.3. The van der Waals surface area contributed by atoms with Crippen LogP contribution in [0.3, 0.4) is 0 Å². The van der Waals surface area contributed by atoms with Gasteiger partial charge in [0.15, 0.2) is 0 Å². The maximum Gasteiger partial charge on any atom is 0.276 e. The van der Waals surface area contributed by atoms with Crippen molar-refractivity contribution in [2.24, 2.45) is 5.92 Å². The first-order valence-corrected chi connectivity index (χ1v) is 5.42. The zero-order chi connectivity index (χ0) is 11.6. The van der Waals surface area contributed by atoms with Crippen LogP contribution in [-0.4, -0.2) is 13.2 Å². The summed E-state index contributed by atoms with van der Waals surface area (Å²) in [6.07, 6.45) is 0.828. The van der Waals surface area contributed by atoms with E-state index in [4.69, 9.17) is 10.5 Å². The lowest BCUT2D eigenvalue weighted by atomic mass is 9.88. The molecule has 0 aliphatic carbocycles. The monoisotopic (exact) mass is 227 g/mol. The summed E-state index contributed by atoms with van der Waals surface area (Å²) in [5.41, 5.74) is 6.04. The molecular weight excluding hydrogens is 212 g/mol. The predicted molar refractivity (Wildman–Crippen MR) is 58.3 cm³/mol. The summed E-state index contributed by atoms with van der Waals surface area (Å²) in [7, 11) is 0. The van der Waals surface area contributed by atoms with E-state index in [9.17, 15) is 8.78 Å². The van der Waals surface area contributed by atoms with Crippen molar-refractivity contribution in [1.82, 2.24) is 0 Å². The summed E-state index contributed by atoms with van der Waals surface area (Å²) in [6.45, 7) is 0.852. The smallest absolute Gasteiger partial charge is 0.276 e. The molecule has 1 fully saturated rings. The number of rotatable bonds is 2. The summed E-state index contributed by atoms with van der Waals surface area (Å²) in [5, 5.41) is 0. The fourth-order valence-electron chi connectivity index (χ4n) is 2.00. The van der Waals surface area contributed by atoms with E-state index in [0.717, 1.165) is 0 Å². The van der Waals surface area contributed by atoms with Crippen molar-refractivity contribution >= 4 is 5.69 Å². The van der Waals surface area contributed by atoms with Crippen molar-refractivity contribution < 1.29 is 13.5 Å².